The second-order valence-electron chi connectivity index (χ2n) is 6.02. The van der Waals surface area contributed by atoms with E-state index in [0.29, 0.717) is 16.0 Å². The molecular formula is C18H19N3O5S3. The summed E-state index contributed by atoms with van der Waals surface area (Å²) in [6.45, 7) is -0.261. The third kappa shape index (κ3) is 5.44. The number of thiophene rings is 1. The van der Waals surface area contributed by atoms with E-state index in [0.717, 1.165) is 0 Å². The van der Waals surface area contributed by atoms with Crippen molar-refractivity contribution < 1.29 is 17.9 Å². The molecule has 2 N–H and O–H groups in total. The number of nitrogens with zero attached hydrogens (tertiary/aromatic N) is 1. The summed E-state index contributed by atoms with van der Waals surface area (Å²) in [6, 6.07) is 8.46. The molecule has 3 aromatic rings. The van der Waals surface area contributed by atoms with Crippen LogP contribution in [0.25, 0.3) is 10.2 Å². The Hall–Kier alpha value is -2.21. The first-order valence-electron chi connectivity index (χ1n) is 8.60. The molecule has 1 aromatic carbocycles. The number of carbonyl (C=O) groups excluding carboxylic acids is 1. The van der Waals surface area contributed by atoms with Crippen molar-refractivity contribution in [2.75, 3.05) is 12.0 Å². The van der Waals surface area contributed by atoms with E-state index in [1.807, 2.05) is 6.26 Å². The van der Waals surface area contributed by atoms with E-state index >= 15 is 0 Å². The van der Waals surface area contributed by atoms with Gasteiger partial charge in [0.2, 0.25) is 10.0 Å². The topological polar surface area (TPSA) is 118 Å². The van der Waals surface area contributed by atoms with Gasteiger partial charge < -0.3 is 9.72 Å². The van der Waals surface area contributed by atoms with Gasteiger partial charge in [0, 0.05) is 0 Å². The van der Waals surface area contributed by atoms with Crippen molar-refractivity contribution in [3.05, 3.63) is 58.0 Å². The molecule has 11 heteroatoms. The third-order valence-electron chi connectivity index (χ3n) is 3.96. The van der Waals surface area contributed by atoms with E-state index in [-0.39, 0.29) is 29.3 Å². The fourth-order valence-electron chi connectivity index (χ4n) is 2.55. The van der Waals surface area contributed by atoms with Crippen LogP contribution >= 0.6 is 23.1 Å². The van der Waals surface area contributed by atoms with Crippen LogP contribution in [0.4, 0.5) is 0 Å². The summed E-state index contributed by atoms with van der Waals surface area (Å²) < 4.78 is 33.3. The van der Waals surface area contributed by atoms with Crippen molar-refractivity contribution >= 4 is 49.3 Å². The van der Waals surface area contributed by atoms with Crippen molar-refractivity contribution in [2.24, 2.45) is 0 Å². The van der Waals surface area contributed by atoms with Gasteiger partial charge in [-0.05, 0) is 42.0 Å². The predicted octanol–water partition coefficient (Wildman–Crippen LogP) is 2.13. The van der Waals surface area contributed by atoms with Crippen LogP contribution in [-0.4, -0.2) is 42.4 Å². The molecule has 8 nitrogen and oxygen atoms in total. The summed E-state index contributed by atoms with van der Waals surface area (Å²) in [5, 5.41) is 1.75. The maximum absolute atomic E-state index is 12.6. The van der Waals surface area contributed by atoms with Gasteiger partial charge in [-0.2, -0.15) is 16.5 Å². The van der Waals surface area contributed by atoms with Crippen LogP contribution < -0.4 is 10.3 Å². The highest BCUT2D eigenvalue weighted by Crippen LogP contribution is 2.15. The van der Waals surface area contributed by atoms with E-state index in [4.69, 9.17) is 4.74 Å². The van der Waals surface area contributed by atoms with E-state index in [1.165, 1.54) is 35.2 Å². The lowest BCUT2D eigenvalue weighted by Crippen LogP contribution is -2.42. The lowest BCUT2D eigenvalue weighted by Gasteiger charge is -2.17. The van der Waals surface area contributed by atoms with Crippen molar-refractivity contribution in [3.63, 3.8) is 0 Å². The van der Waals surface area contributed by atoms with Gasteiger partial charge in [-0.1, -0.05) is 18.2 Å². The minimum atomic E-state index is -3.88. The van der Waals surface area contributed by atoms with Gasteiger partial charge in [0.05, 0.1) is 10.4 Å². The summed E-state index contributed by atoms with van der Waals surface area (Å²) in [7, 11) is -3.88. The number of fused-ring (bicyclic) bond motifs is 1. The molecule has 2 heterocycles. The standard InChI is InChI=1S/C18H19N3O5S3/c1-27-9-7-14(21-29(24,25)12-5-3-2-4-6-12)18(23)26-11-15-19-13-8-10-28-16(13)17(22)20-15/h2-6,8,10,14,21H,7,9,11H2,1H3,(H,19,20,22)/t14-/m0/s1. The van der Waals surface area contributed by atoms with Crippen molar-refractivity contribution in [1.29, 1.82) is 0 Å². The van der Waals surface area contributed by atoms with Gasteiger partial charge in [0.1, 0.15) is 23.2 Å². The SMILES string of the molecule is CSCC[C@H](NS(=O)(=O)c1ccccc1)C(=O)OCc1nc2ccsc2c(=O)[nH]1. The molecule has 2 aromatic heterocycles. The average molecular weight is 454 g/mol. The van der Waals surface area contributed by atoms with E-state index < -0.39 is 22.0 Å². The number of hydrogen-bond donors (Lipinski definition) is 2. The lowest BCUT2D eigenvalue weighted by molar-refractivity contribution is -0.147. The van der Waals surface area contributed by atoms with Crippen molar-refractivity contribution in [3.8, 4) is 0 Å². The molecular weight excluding hydrogens is 434 g/mol. The quantitative estimate of drug-likeness (QED) is 0.477. The normalized spacial score (nSPS) is 12.7. The van der Waals surface area contributed by atoms with Crippen LogP contribution in [0.2, 0.25) is 0 Å². The third-order valence-corrected chi connectivity index (χ3v) is 7.00. The first-order chi connectivity index (χ1) is 13.9. The Kier molecular flexibility index (Phi) is 7.06. The van der Waals surface area contributed by atoms with Gasteiger partial charge >= 0.3 is 5.97 Å². The van der Waals surface area contributed by atoms with Crippen LogP contribution in [0.15, 0.2) is 51.5 Å². The first kappa shape index (κ1) is 21.5. The van der Waals surface area contributed by atoms with Gasteiger partial charge in [-0.3, -0.25) is 9.59 Å². The molecule has 3 rings (SSSR count). The Balaban J connectivity index is 1.72. The Morgan fingerprint density at radius 1 is 1.31 bits per heavy atom. The molecule has 29 heavy (non-hydrogen) atoms. The fourth-order valence-corrected chi connectivity index (χ4v) is 4.98. The predicted molar refractivity (Wildman–Crippen MR) is 114 cm³/mol. The summed E-state index contributed by atoms with van der Waals surface area (Å²) >= 11 is 2.76. The molecule has 0 saturated heterocycles. The highest BCUT2D eigenvalue weighted by Gasteiger charge is 2.27. The number of aromatic nitrogens is 2. The minimum absolute atomic E-state index is 0.0656. The number of H-pyrrole nitrogens is 1. The molecule has 0 aliphatic rings. The molecule has 0 saturated carbocycles. The Labute approximate surface area is 175 Å². The second-order valence-corrected chi connectivity index (χ2v) is 9.64. The van der Waals surface area contributed by atoms with Gasteiger partial charge in [0.25, 0.3) is 5.56 Å². The monoisotopic (exact) mass is 453 g/mol. The number of carbonyl (C=O) groups is 1. The average Bonchev–Trinajstić information content (AvgIpc) is 3.19. The lowest BCUT2D eigenvalue weighted by atomic mass is 10.2. The number of benzene rings is 1. The first-order valence-corrected chi connectivity index (χ1v) is 12.4. The van der Waals surface area contributed by atoms with Crippen LogP contribution in [0.5, 0.6) is 0 Å². The number of thioether (sulfide) groups is 1. The highest BCUT2D eigenvalue weighted by molar-refractivity contribution is 7.98. The minimum Gasteiger partial charge on any atom is -0.456 e. The zero-order valence-corrected chi connectivity index (χ0v) is 17.9. The maximum atomic E-state index is 12.6. The number of nitrogens with one attached hydrogen (secondary N) is 2. The summed E-state index contributed by atoms with van der Waals surface area (Å²) in [6.07, 6.45) is 2.12. The van der Waals surface area contributed by atoms with Crippen LogP contribution in [-0.2, 0) is 26.2 Å². The molecule has 0 spiro atoms. The zero-order chi connectivity index (χ0) is 20.9. The smallest absolute Gasteiger partial charge is 0.324 e. The number of ether oxygens (including phenoxy) is 1. The number of hydrogen-bond acceptors (Lipinski definition) is 8. The van der Waals surface area contributed by atoms with Gasteiger partial charge in [-0.25, -0.2) is 13.4 Å². The van der Waals surface area contributed by atoms with Gasteiger partial charge in [-0.15, -0.1) is 11.3 Å². The highest BCUT2D eigenvalue weighted by atomic mass is 32.2. The summed E-state index contributed by atoms with van der Waals surface area (Å²) in [4.78, 5) is 31.4. The molecule has 0 bridgehead atoms. The largest absolute Gasteiger partial charge is 0.456 e. The second kappa shape index (κ2) is 9.53. The number of sulfonamides is 1. The molecule has 154 valence electrons. The Bertz CT molecular complexity index is 1140. The molecule has 0 amide bonds. The Morgan fingerprint density at radius 2 is 2.07 bits per heavy atom. The summed E-state index contributed by atoms with van der Waals surface area (Å²) in [5.41, 5.74) is 0.216. The van der Waals surface area contributed by atoms with Crippen LogP contribution in [0.3, 0.4) is 0 Å². The van der Waals surface area contributed by atoms with Crippen molar-refractivity contribution in [2.45, 2.75) is 24.0 Å². The number of aromatic amines is 1. The van der Waals surface area contributed by atoms with Crippen LogP contribution in [0, 0.1) is 0 Å². The molecule has 0 aliphatic carbocycles. The van der Waals surface area contributed by atoms with Gasteiger partial charge in [0.15, 0.2) is 0 Å². The Morgan fingerprint density at radius 3 is 2.79 bits per heavy atom. The molecule has 0 fully saturated rings. The maximum Gasteiger partial charge on any atom is 0.324 e. The number of esters is 1. The number of rotatable bonds is 9. The molecule has 0 aliphatic heterocycles. The molecule has 1 atom stereocenters. The van der Waals surface area contributed by atoms with Crippen LogP contribution in [0.1, 0.15) is 12.2 Å². The van der Waals surface area contributed by atoms with E-state index in [2.05, 4.69) is 14.7 Å². The zero-order valence-electron chi connectivity index (χ0n) is 15.5. The van der Waals surface area contributed by atoms with E-state index in [1.54, 1.807) is 29.6 Å². The molecule has 0 unspecified atom stereocenters. The summed E-state index contributed by atoms with van der Waals surface area (Å²) in [5.74, 6) is 0.0305. The van der Waals surface area contributed by atoms with E-state index in [9.17, 15) is 18.0 Å². The van der Waals surface area contributed by atoms with Crippen molar-refractivity contribution in [1.82, 2.24) is 14.7 Å². The fraction of sp³-hybridized carbons (Fsp3) is 0.278. The molecule has 0 radical (unpaired) electrons.